The molecule has 0 amide bonds. The van der Waals surface area contributed by atoms with E-state index in [1.807, 2.05) is 0 Å². The Kier molecular flexibility index (Phi) is 5.65. The van der Waals surface area contributed by atoms with E-state index in [1.54, 1.807) is 25.1 Å². The van der Waals surface area contributed by atoms with Gasteiger partial charge in [0.25, 0.3) is 0 Å². The summed E-state index contributed by atoms with van der Waals surface area (Å²) in [5.41, 5.74) is 0. The topological polar surface area (TPSA) is 63.2 Å². The number of carbonyl (C=O) groups excluding carboxylic acids is 1. The summed E-state index contributed by atoms with van der Waals surface area (Å²) in [5, 5.41) is 6.14. The minimum atomic E-state index is -0.365. The molecule has 0 aliphatic rings. The summed E-state index contributed by atoms with van der Waals surface area (Å²) in [5.74, 6) is 0.148. The summed E-state index contributed by atoms with van der Waals surface area (Å²) in [6.07, 6.45) is 0. The molecule has 0 aliphatic heterocycles. The fourth-order valence-corrected chi connectivity index (χ4v) is 1.34. The van der Waals surface area contributed by atoms with Gasteiger partial charge in [0.2, 0.25) is 0 Å². The predicted octanol–water partition coefficient (Wildman–Crippen LogP) is 1.58. The molecule has 0 aliphatic carbocycles. The third-order valence-electron chi connectivity index (χ3n) is 1.66. The van der Waals surface area contributed by atoms with Crippen LogP contribution in [0.25, 0.3) is 0 Å². The van der Waals surface area contributed by atoms with Gasteiger partial charge in [0.05, 0.1) is 6.61 Å². The van der Waals surface area contributed by atoms with Crippen molar-refractivity contribution >= 4 is 40.7 Å². The first kappa shape index (κ1) is 13.7. The van der Waals surface area contributed by atoms with Gasteiger partial charge in [-0.05, 0) is 31.3 Å². The Balaban J connectivity index is 2.37. The molecule has 0 radical (unpaired) electrons. The normalized spacial score (nSPS) is 9.53. The van der Waals surface area contributed by atoms with Gasteiger partial charge in [0.1, 0.15) is 17.5 Å². The zero-order valence-corrected chi connectivity index (χ0v) is 10.8. The molecule has 1 rings (SSSR count). The Morgan fingerprint density at radius 2 is 2.35 bits per heavy atom. The van der Waals surface area contributed by atoms with Crippen molar-refractivity contribution in [2.75, 3.05) is 18.5 Å². The molecule has 0 saturated carbocycles. The standard InChI is InChI=1S/C10H12ClN3O2S/c1-2-16-9(15)6-12-10(17)14-8-5-3-4-7(11)13-8/h3-5H,2,6H2,1H3,(H2,12,13,14,17). The Labute approximate surface area is 110 Å². The van der Waals surface area contributed by atoms with Crippen LogP contribution in [0.2, 0.25) is 5.15 Å². The van der Waals surface area contributed by atoms with Crippen molar-refractivity contribution in [3.8, 4) is 0 Å². The van der Waals surface area contributed by atoms with E-state index in [9.17, 15) is 4.79 Å². The Morgan fingerprint density at radius 3 is 3.00 bits per heavy atom. The number of hydrogen-bond acceptors (Lipinski definition) is 4. The molecule has 2 N–H and O–H groups in total. The van der Waals surface area contributed by atoms with Crippen LogP contribution >= 0.6 is 23.8 Å². The molecular formula is C10H12ClN3O2S. The molecule has 0 saturated heterocycles. The second-order valence-corrected chi connectivity index (χ2v) is 3.75. The van der Waals surface area contributed by atoms with Crippen LogP contribution in [0.3, 0.4) is 0 Å². The first-order chi connectivity index (χ1) is 8.11. The highest BCUT2D eigenvalue weighted by Crippen LogP contribution is 2.08. The maximum absolute atomic E-state index is 11.0. The number of nitrogens with zero attached hydrogens (tertiary/aromatic N) is 1. The van der Waals surface area contributed by atoms with Gasteiger partial charge in [-0.2, -0.15) is 0 Å². The van der Waals surface area contributed by atoms with Gasteiger partial charge in [0.15, 0.2) is 5.11 Å². The molecule has 0 spiro atoms. The van der Waals surface area contributed by atoms with Gasteiger partial charge >= 0.3 is 5.97 Å². The minimum absolute atomic E-state index is 0.0141. The van der Waals surface area contributed by atoms with E-state index in [2.05, 4.69) is 15.6 Å². The lowest BCUT2D eigenvalue weighted by atomic mass is 10.5. The molecule has 1 aromatic heterocycles. The van der Waals surface area contributed by atoms with E-state index in [4.69, 9.17) is 28.6 Å². The zero-order valence-electron chi connectivity index (χ0n) is 9.20. The van der Waals surface area contributed by atoms with Gasteiger partial charge < -0.3 is 15.4 Å². The number of rotatable bonds is 4. The van der Waals surface area contributed by atoms with E-state index >= 15 is 0 Å². The van der Waals surface area contributed by atoms with Crippen LogP contribution in [0.5, 0.6) is 0 Å². The van der Waals surface area contributed by atoms with E-state index in [-0.39, 0.29) is 17.6 Å². The summed E-state index contributed by atoms with van der Waals surface area (Å²) < 4.78 is 4.74. The van der Waals surface area contributed by atoms with E-state index in [1.165, 1.54) is 0 Å². The SMILES string of the molecule is CCOC(=O)CNC(=S)Nc1cccc(Cl)n1. The number of pyridine rings is 1. The molecular weight excluding hydrogens is 262 g/mol. The molecule has 17 heavy (non-hydrogen) atoms. The molecule has 0 unspecified atom stereocenters. The number of halogens is 1. The minimum Gasteiger partial charge on any atom is -0.465 e. The number of aromatic nitrogens is 1. The lowest BCUT2D eigenvalue weighted by Crippen LogP contribution is -2.34. The maximum Gasteiger partial charge on any atom is 0.325 e. The summed E-state index contributed by atoms with van der Waals surface area (Å²) in [4.78, 5) is 15.0. The van der Waals surface area contributed by atoms with Gasteiger partial charge in [-0.15, -0.1) is 0 Å². The van der Waals surface area contributed by atoms with E-state index in [0.717, 1.165) is 0 Å². The van der Waals surface area contributed by atoms with Crippen molar-refractivity contribution in [1.29, 1.82) is 0 Å². The van der Waals surface area contributed by atoms with Crippen LogP contribution in [-0.4, -0.2) is 29.2 Å². The third kappa shape index (κ3) is 5.46. The number of hydrogen-bond donors (Lipinski definition) is 2. The number of esters is 1. The highest BCUT2D eigenvalue weighted by Gasteiger charge is 2.03. The molecule has 0 atom stereocenters. The fourth-order valence-electron chi connectivity index (χ4n) is 1.00. The lowest BCUT2D eigenvalue weighted by molar-refractivity contribution is -0.141. The predicted molar refractivity (Wildman–Crippen MR) is 70.1 cm³/mol. The Morgan fingerprint density at radius 1 is 1.59 bits per heavy atom. The number of nitrogens with one attached hydrogen (secondary N) is 2. The van der Waals surface area contributed by atoms with Crippen LogP contribution in [-0.2, 0) is 9.53 Å². The lowest BCUT2D eigenvalue weighted by Gasteiger charge is -2.09. The van der Waals surface area contributed by atoms with Gasteiger partial charge in [-0.3, -0.25) is 4.79 Å². The molecule has 0 bridgehead atoms. The third-order valence-corrected chi connectivity index (χ3v) is 2.11. The molecule has 0 fully saturated rings. The number of thiocarbonyl (C=S) groups is 1. The number of ether oxygens (including phenoxy) is 1. The maximum atomic E-state index is 11.0. The second kappa shape index (κ2) is 7.03. The van der Waals surface area contributed by atoms with Crippen molar-refractivity contribution in [1.82, 2.24) is 10.3 Å². The smallest absolute Gasteiger partial charge is 0.325 e. The monoisotopic (exact) mass is 273 g/mol. The molecule has 1 aromatic rings. The molecule has 5 nitrogen and oxygen atoms in total. The highest BCUT2D eigenvalue weighted by atomic mass is 35.5. The van der Waals surface area contributed by atoms with E-state index < -0.39 is 0 Å². The molecule has 92 valence electrons. The second-order valence-electron chi connectivity index (χ2n) is 2.96. The van der Waals surface area contributed by atoms with Crippen LogP contribution in [0.15, 0.2) is 18.2 Å². The summed E-state index contributed by atoms with van der Waals surface area (Å²) in [7, 11) is 0. The Bertz CT molecular complexity index is 414. The van der Waals surface area contributed by atoms with Crippen molar-refractivity contribution in [3.05, 3.63) is 23.4 Å². The summed E-state index contributed by atoms with van der Waals surface area (Å²) in [6.45, 7) is 2.10. The van der Waals surface area contributed by atoms with E-state index in [0.29, 0.717) is 17.6 Å². The first-order valence-corrected chi connectivity index (χ1v) is 5.73. The van der Waals surface area contributed by atoms with Crippen molar-refractivity contribution < 1.29 is 9.53 Å². The van der Waals surface area contributed by atoms with Gasteiger partial charge in [-0.1, -0.05) is 17.7 Å². The van der Waals surface area contributed by atoms with Crippen LogP contribution in [0, 0.1) is 0 Å². The molecule has 0 aromatic carbocycles. The van der Waals surface area contributed by atoms with Crippen LogP contribution in [0.4, 0.5) is 5.82 Å². The zero-order chi connectivity index (χ0) is 12.7. The van der Waals surface area contributed by atoms with Crippen molar-refractivity contribution in [3.63, 3.8) is 0 Å². The number of anilines is 1. The van der Waals surface area contributed by atoms with Gasteiger partial charge in [0, 0.05) is 0 Å². The van der Waals surface area contributed by atoms with Crippen LogP contribution in [0.1, 0.15) is 6.92 Å². The average molecular weight is 274 g/mol. The first-order valence-electron chi connectivity index (χ1n) is 4.95. The average Bonchev–Trinajstić information content (AvgIpc) is 2.27. The largest absolute Gasteiger partial charge is 0.465 e. The highest BCUT2D eigenvalue weighted by molar-refractivity contribution is 7.80. The summed E-state index contributed by atoms with van der Waals surface area (Å²) >= 11 is 10.7. The fraction of sp³-hybridized carbons (Fsp3) is 0.300. The summed E-state index contributed by atoms with van der Waals surface area (Å²) in [6, 6.07) is 5.11. The quantitative estimate of drug-likeness (QED) is 0.493. The van der Waals surface area contributed by atoms with Crippen molar-refractivity contribution in [2.24, 2.45) is 0 Å². The molecule has 7 heteroatoms. The number of carbonyl (C=O) groups is 1. The molecule has 1 heterocycles. The van der Waals surface area contributed by atoms with Crippen LogP contribution < -0.4 is 10.6 Å². The Hall–Kier alpha value is -1.40. The van der Waals surface area contributed by atoms with Gasteiger partial charge in [-0.25, -0.2) is 4.98 Å². The van der Waals surface area contributed by atoms with Crippen molar-refractivity contribution in [2.45, 2.75) is 6.92 Å².